The molecule has 0 bridgehead atoms. The molecule has 1 aliphatic carbocycles. The lowest BCUT2D eigenvalue weighted by Gasteiger charge is -2.09. The van der Waals surface area contributed by atoms with E-state index in [-0.39, 0.29) is 28.0 Å². The number of nitro groups is 1. The molecule has 1 aliphatic rings. The van der Waals surface area contributed by atoms with Crippen LogP contribution in [0.15, 0.2) is 36.4 Å². The van der Waals surface area contributed by atoms with Gasteiger partial charge in [0, 0.05) is 17.1 Å². The van der Waals surface area contributed by atoms with Crippen molar-refractivity contribution in [3.63, 3.8) is 0 Å². The summed E-state index contributed by atoms with van der Waals surface area (Å²) in [5.74, 6) is -1.48. The molecule has 0 atom stereocenters. The number of hydrogen-bond acceptors (Lipinski definition) is 6. The molecule has 1 fully saturated rings. The average Bonchev–Trinajstić information content (AvgIpc) is 3.47. The number of nitro benzene ring substituents is 1. The fourth-order valence-electron chi connectivity index (χ4n) is 2.37. The summed E-state index contributed by atoms with van der Waals surface area (Å²) >= 11 is 11.8. The molecular weight excluding hydrogens is 409 g/mol. The summed E-state index contributed by atoms with van der Waals surface area (Å²) in [4.78, 5) is 34.8. The van der Waals surface area contributed by atoms with Gasteiger partial charge in [-0.25, -0.2) is 4.79 Å². The number of esters is 1. The molecule has 0 saturated heterocycles. The minimum absolute atomic E-state index is 0.0263. The van der Waals surface area contributed by atoms with Crippen LogP contribution < -0.4 is 10.6 Å². The summed E-state index contributed by atoms with van der Waals surface area (Å²) < 4.78 is 4.93. The van der Waals surface area contributed by atoms with E-state index in [1.165, 1.54) is 24.3 Å². The number of amides is 1. The third kappa shape index (κ3) is 5.11. The van der Waals surface area contributed by atoms with Crippen LogP contribution >= 0.6 is 23.2 Å². The Morgan fingerprint density at radius 2 is 1.89 bits per heavy atom. The first-order valence-corrected chi connectivity index (χ1v) is 9.06. The summed E-state index contributed by atoms with van der Waals surface area (Å²) in [5, 5.41) is 17.4. The summed E-state index contributed by atoms with van der Waals surface area (Å²) in [5.41, 5.74) is 0.372. The highest BCUT2D eigenvalue weighted by molar-refractivity contribution is 6.35. The maximum Gasteiger partial charge on any atom is 0.338 e. The lowest BCUT2D eigenvalue weighted by atomic mass is 10.1. The molecule has 0 aromatic heterocycles. The molecule has 2 aromatic carbocycles. The fourth-order valence-corrected chi connectivity index (χ4v) is 2.71. The SMILES string of the molecule is O=C(COC(=O)c1ccc(NC2CC2)c([N+](=O)[O-])c1)Nc1cc(Cl)ccc1Cl. The van der Waals surface area contributed by atoms with E-state index < -0.39 is 23.4 Å². The molecule has 0 spiro atoms. The van der Waals surface area contributed by atoms with Crippen LogP contribution in [-0.4, -0.2) is 29.4 Å². The van der Waals surface area contributed by atoms with Crippen LogP contribution in [-0.2, 0) is 9.53 Å². The number of nitrogens with zero attached hydrogens (tertiary/aromatic N) is 1. The first-order valence-electron chi connectivity index (χ1n) is 8.30. The van der Waals surface area contributed by atoms with Gasteiger partial charge in [0.1, 0.15) is 5.69 Å². The topological polar surface area (TPSA) is 111 Å². The highest BCUT2D eigenvalue weighted by Crippen LogP contribution is 2.31. The maximum absolute atomic E-state index is 12.2. The molecule has 1 amide bonds. The predicted molar refractivity (Wildman–Crippen MR) is 105 cm³/mol. The second-order valence-electron chi connectivity index (χ2n) is 6.16. The second kappa shape index (κ2) is 8.45. The number of rotatable bonds is 7. The minimum Gasteiger partial charge on any atom is -0.452 e. The Bertz CT molecular complexity index is 947. The minimum atomic E-state index is -0.853. The molecule has 146 valence electrons. The van der Waals surface area contributed by atoms with Gasteiger partial charge >= 0.3 is 5.97 Å². The number of carbonyl (C=O) groups excluding carboxylic acids is 2. The number of carbonyl (C=O) groups is 2. The Balaban J connectivity index is 1.62. The van der Waals surface area contributed by atoms with Crippen molar-refractivity contribution in [1.29, 1.82) is 0 Å². The molecule has 28 heavy (non-hydrogen) atoms. The quantitative estimate of drug-likeness (QED) is 0.390. The van der Waals surface area contributed by atoms with Crippen LogP contribution in [0.25, 0.3) is 0 Å². The van der Waals surface area contributed by atoms with Gasteiger partial charge in [-0.3, -0.25) is 14.9 Å². The van der Waals surface area contributed by atoms with Crippen LogP contribution in [0.3, 0.4) is 0 Å². The van der Waals surface area contributed by atoms with Gasteiger partial charge in [-0.1, -0.05) is 23.2 Å². The van der Waals surface area contributed by atoms with E-state index >= 15 is 0 Å². The van der Waals surface area contributed by atoms with E-state index in [1.54, 1.807) is 6.07 Å². The standard InChI is InChI=1S/C18H15Cl2N3O5/c19-11-2-5-13(20)15(8-11)22-17(24)9-28-18(25)10-1-6-14(21-12-3-4-12)16(7-10)23(26)27/h1-2,5-8,12,21H,3-4,9H2,(H,22,24). The molecule has 10 heteroatoms. The van der Waals surface area contributed by atoms with Gasteiger partial charge in [0.2, 0.25) is 0 Å². The number of anilines is 2. The van der Waals surface area contributed by atoms with E-state index in [0.717, 1.165) is 18.9 Å². The molecule has 0 radical (unpaired) electrons. The van der Waals surface area contributed by atoms with Crippen molar-refractivity contribution in [2.75, 3.05) is 17.2 Å². The zero-order valence-electron chi connectivity index (χ0n) is 14.4. The molecule has 8 nitrogen and oxygen atoms in total. The summed E-state index contributed by atoms with van der Waals surface area (Å²) in [6.45, 7) is -0.586. The van der Waals surface area contributed by atoms with E-state index in [2.05, 4.69) is 10.6 Å². The lowest BCUT2D eigenvalue weighted by molar-refractivity contribution is -0.384. The van der Waals surface area contributed by atoms with Crippen molar-refractivity contribution in [2.24, 2.45) is 0 Å². The molecule has 1 saturated carbocycles. The highest BCUT2D eigenvalue weighted by atomic mass is 35.5. The molecule has 3 rings (SSSR count). The number of halogens is 2. The van der Waals surface area contributed by atoms with Gasteiger partial charge < -0.3 is 15.4 Å². The maximum atomic E-state index is 12.2. The summed E-state index contributed by atoms with van der Waals surface area (Å²) in [6.07, 6.45) is 1.90. The summed E-state index contributed by atoms with van der Waals surface area (Å²) in [7, 11) is 0. The molecule has 2 N–H and O–H groups in total. The van der Waals surface area contributed by atoms with Gasteiger partial charge in [-0.2, -0.15) is 0 Å². The fraction of sp³-hybridized carbons (Fsp3) is 0.222. The second-order valence-corrected chi connectivity index (χ2v) is 7.00. The smallest absolute Gasteiger partial charge is 0.338 e. The summed E-state index contributed by atoms with van der Waals surface area (Å²) in [6, 6.07) is 8.75. The normalized spacial score (nSPS) is 12.9. The van der Waals surface area contributed by atoms with Crippen molar-refractivity contribution in [3.8, 4) is 0 Å². The van der Waals surface area contributed by atoms with Crippen LogP contribution in [0, 0.1) is 10.1 Å². The zero-order chi connectivity index (χ0) is 20.3. The molecule has 2 aromatic rings. The Labute approximate surface area is 169 Å². The molecule has 0 unspecified atom stereocenters. The Morgan fingerprint density at radius 1 is 1.14 bits per heavy atom. The monoisotopic (exact) mass is 423 g/mol. The Kier molecular flexibility index (Phi) is 6.01. The van der Waals surface area contributed by atoms with E-state index in [0.29, 0.717) is 10.7 Å². The van der Waals surface area contributed by atoms with Gasteiger partial charge in [-0.15, -0.1) is 0 Å². The van der Waals surface area contributed by atoms with Gasteiger partial charge in [0.05, 0.1) is 21.2 Å². The first kappa shape index (κ1) is 19.9. The van der Waals surface area contributed by atoms with E-state index in [9.17, 15) is 19.7 Å². The third-order valence-electron chi connectivity index (χ3n) is 3.90. The van der Waals surface area contributed by atoms with Crippen LogP contribution in [0.4, 0.5) is 17.1 Å². The third-order valence-corrected chi connectivity index (χ3v) is 4.47. The first-order chi connectivity index (χ1) is 13.3. The zero-order valence-corrected chi connectivity index (χ0v) is 15.9. The van der Waals surface area contributed by atoms with Crippen LogP contribution in [0.1, 0.15) is 23.2 Å². The van der Waals surface area contributed by atoms with Gasteiger partial charge in [-0.05, 0) is 43.2 Å². The van der Waals surface area contributed by atoms with E-state index in [4.69, 9.17) is 27.9 Å². The van der Waals surface area contributed by atoms with Crippen LogP contribution in [0.5, 0.6) is 0 Å². The predicted octanol–water partition coefficient (Wildman–Crippen LogP) is 4.27. The average molecular weight is 424 g/mol. The Hall–Kier alpha value is -2.84. The Morgan fingerprint density at radius 3 is 2.57 bits per heavy atom. The lowest BCUT2D eigenvalue weighted by Crippen LogP contribution is -2.21. The largest absolute Gasteiger partial charge is 0.452 e. The van der Waals surface area contributed by atoms with Crippen molar-refractivity contribution in [1.82, 2.24) is 0 Å². The number of benzene rings is 2. The highest BCUT2D eigenvalue weighted by Gasteiger charge is 2.26. The van der Waals surface area contributed by atoms with E-state index in [1.807, 2.05) is 0 Å². The van der Waals surface area contributed by atoms with Gasteiger partial charge in [0.15, 0.2) is 6.61 Å². The van der Waals surface area contributed by atoms with Crippen molar-refractivity contribution < 1.29 is 19.2 Å². The van der Waals surface area contributed by atoms with Gasteiger partial charge in [0.25, 0.3) is 11.6 Å². The number of ether oxygens (including phenoxy) is 1. The number of hydrogen-bond donors (Lipinski definition) is 2. The van der Waals surface area contributed by atoms with Crippen LogP contribution in [0.2, 0.25) is 10.0 Å². The van der Waals surface area contributed by atoms with Crippen molar-refractivity contribution in [3.05, 3.63) is 62.1 Å². The number of nitrogens with one attached hydrogen (secondary N) is 2. The molecule has 0 aliphatic heterocycles. The van der Waals surface area contributed by atoms with Crippen molar-refractivity contribution in [2.45, 2.75) is 18.9 Å². The van der Waals surface area contributed by atoms with Crippen molar-refractivity contribution >= 4 is 52.1 Å². The molecular formula is C18H15Cl2N3O5. The molecule has 0 heterocycles.